The predicted molar refractivity (Wildman–Crippen MR) is 103 cm³/mol. The van der Waals surface area contributed by atoms with Crippen molar-refractivity contribution in [2.75, 3.05) is 17.9 Å². The van der Waals surface area contributed by atoms with Gasteiger partial charge in [0.2, 0.25) is 0 Å². The molecule has 2 aliphatic rings. The van der Waals surface area contributed by atoms with Crippen molar-refractivity contribution in [1.82, 2.24) is 9.78 Å². The van der Waals surface area contributed by atoms with Gasteiger partial charge in [0, 0.05) is 24.2 Å². The minimum atomic E-state index is -4.00. The maximum atomic E-state index is 12.9. The van der Waals surface area contributed by atoms with E-state index in [1.54, 1.807) is 0 Å². The van der Waals surface area contributed by atoms with E-state index in [0.29, 0.717) is 36.8 Å². The molecule has 0 bridgehead atoms. The summed E-state index contributed by atoms with van der Waals surface area (Å²) in [5.41, 5.74) is 0.424. The summed E-state index contributed by atoms with van der Waals surface area (Å²) in [6, 6.07) is 5.70. The van der Waals surface area contributed by atoms with Gasteiger partial charge >= 0.3 is 5.97 Å². The molecule has 0 unspecified atom stereocenters. The number of carboxylic acid groups (broad SMARTS) is 1. The molecular weight excluding hydrogens is 406 g/mol. The number of carbonyl (C=O) groups is 1. The van der Waals surface area contributed by atoms with E-state index in [0.717, 1.165) is 12.8 Å². The predicted octanol–water partition coefficient (Wildman–Crippen LogP) is 3.26. The van der Waals surface area contributed by atoms with Gasteiger partial charge in [-0.25, -0.2) is 13.2 Å². The van der Waals surface area contributed by atoms with Gasteiger partial charge in [0.25, 0.3) is 10.0 Å². The van der Waals surface area contributed by atoms with E-state index in [1.165, 1.54) is 28.9 Å². The molecule has 28 heavy (non-hydrogen) atoms. The largest absolute Gasteiger partial charge is 0.476 e. The molecule has 1 aromatic carbocycles. The molecule has 2 N–H and O–H groups in total. The standard InChI is InChI=1S/C18H20ClN3O5S/c19-12-1-5-14(6-2-12)28(25,26)21-16-15(11-7-9-27-10-8-11)20-22(13-3-4-13)17(16)18(23)24/h1-2,5-6,11,13,21H,3-4,7-10H2,(H,23,24). The van der Waals surface area contributed by atoms with Crippen LogP contribution in [0, 0.1) is 0 Å². The Hall–Kier alpha value is -2.10. The van der Waals surface area contributed by atoms with Crippen LogP contribution >= 0.6 is 11.6 Å². The van der Waals surface area contributed by atoms with E-state index >= 15 is 0 Å². The van der Waals surface area contributed by atoms with Crippen molar-refractivity contribution >= 4 is 33.3 Å². The number of hydrogen-bond acceptors (Lipinski definition) is 5. The second-order valence-corrected chi connectivity index (χ2v) is 9.15. The Morgan fingerprint density at radius 3 is 2.39 bits per heavy atom. The average Bonchev–Trinajstić information content (AvgIpc) is 3.44. The SMILES string of the molecule is O=C(O)c1c(NS(=O)(=O)c2ccc(Cl)cc2)c(C2CCOCC2)nn1C1CC1. The Balaban J connectivity index is 1.79. The lowest BCUT2D eigenvalue weighted by Crippen LogP contribution is -2.19. The van der Waals surface area contributed by atoms with Gasteiger partial charge in [-0.05, 0) is 49.9 Å². The van der Waals surface area contributed by atoms with Crippen LogP contribution in [0.1, 0.15) is 53.8 Å². The maximum Gasteiger partial charge on any atom is 0.356 e. The van der Waals surface area contributed by atoms with Crippen molar-refractivity contribution < 1.29 is 23.1 Å². The van der Waals surface area contributed by atoms with Crippen LogP contribution in [-0.2, 0) is 14.8 Å². The third kappa shape index (κ3) is 3.74. The highest BCUT2D eigenvalue weighted by atomic mass is 35.5. The second kappa shape index (κ2) is 7.38. The van der Waals surface area contributed by atoms with E-state index < -0.39 is 16.0 Å². The fourth-order valence-electron chi connectivity index (χ4n) is 3.40. The fraction of sp³-hybridized carbons (Fsp3) is 0.444. The smallest absolute Gasteiger partial charge is 0.356 e. The maximum absolute atomic E-state index is 12.9. The number of benzene rings is 1. The molecular formula is C18H20ClN3O5S. The van der Waals surface area contributed by atoms with Crippen LogP contribution in [0.25, 0.3) is 0 Å². The summed E-state index contributed by atoms with van der Waals surface area (Å²) >= 11 is 5.84. The van der Waals surface area contributed by atoms with Crippen LogP contribution in [0.4, 0.5) is 5.69 Å². The topological polar surface area (TPSA) is 111 Å². The number of aromatic nitrogens is 2. The molecule has 1 saturated carbocycles. The minimum absolute atomic E-state index is 0.00141. The summed E-state index contributed by atoms with van der Waals surface area (Å²) in [6.45, 7) is 1.07. The Morgan fingerprint density at radius 2 is 1.82 bits per heavy atom. The van der Waals surface area contributed by atoms with Crippen molar-refractivity contribution in [3.63, 3.8) is 0 Å². The first-order valence-electron chi connectivity index (χ1n) is 9.08. The Bertz CT molecular complexity index is 993. The molecule has 2 fully saturated rings. The Kier molecular flexibility index (Phi) is 5.07. The molecule has 2 aromatic rings. The molecule has 4 rings (SSSR count). The number of aromatic carboxylic acids is 1. The van der Waals surface area contributed by atoms with Gasteiger partial charge in [-0.1, -0.05) is 11.6 Å². The highest BCUT2D eigenvalue weighted by Gasteiger charge is 2.36. The van der Waals surface area contributed by atoms with Crippen LogP contribution < -0.4 is 4.72 Å². The van der Waals surface area contributed by atoms with Gasteiger partial charge in [-0.15, -0.1) is 0 Å². The van der Waals surface area contributed by atoms with E-state index in [9.17, 15) is 18.3 Å². The van der Waals surface area contributed by atoms with Gasteiger partial charge < -0.3 is 9.84 Å². The van der Waals surface area contributed by atoms with Crippen LogP contribution in [0.5, 0.6) is 0 Å². The number of rotatable bonds is 6. The number of nitrogens with zero attached hydrogens (tertiary/aromatic N) is 2. The molecule has 1 aliphatic heterocycles. The van der Waals surface area contributed by atoms with E-state index in [-0.39, 0.29) is 28.2 Å². The van der Waals surface area contributed by atoms with Gasteiger partial charge in [0.1, 0.15) is 5.69 Å². The molecule has 10 heteroatoms. The summed E-state index contributed by atoms with van der Waals surface area (Å²) in [5.74, 6) is -1.26. The molecule has 0 radical (unpaired) electrons. The zero-order chi connectivity index (χ0) is 19.9. The molecule has 1 aromatic heterocycles. The number of sulfonamides is 1. The van der Waals surface area contributed by atoms with Crippen molar-refractivity contribution in [3.05, 3.63) is 40.7 Å². The van der Waals surface area contributed by atoms with Crippen LogP contribution in [0.2, 0.25) is 5.02 Å². The molecule has 1 aliphatic carbocycles. The van der Waals surface area contributed by atoms with E-state index in [2.05, 4.69) is 9.82 Å². The number of nitrogens with one attached hydrogen (secondary N) is 1. The van der Waals surface area contributed by atoms with E-state index in [4.69, 9.17) is 16.3 Å². The third-order valence-electron chi connectivity index (χ3n) is 5.00. The Labute approximate surface area is 167 Å². The van der Waals surface area contributed by atoms with Crippen molar-refractivity contribution in [2.24, 2.45) is 0 Å². The first kappa shape index (κ1) is 19.2. The lowest BCUT2D eigenvalue weighted by Gasteiger charge is -2.21. The molecule has 0 spiro atoms. The van der Waals surface area contributed by atoms with Crippen molar-refractivity contribution in [1.29, 1.82) is 0 Å². The van der Waals surface area contributed by atoms with Crippen LogP contribution in [0.15, 0.2) is 29.2 Å². The summed E-state index contributed by atoms with van der Waals surface area (Å²) in [5, 5.41) is 14.8. The molecule has 0 amide bonds. The first-order valence-corrected chi connectivity index (χ1v) is 10.9. The summed E-state index contributed by atoms with van der Waals surface area (Å²) in [7, 11) is -4.00. The van der Waals surface area contributed by atoms with Crippen LogP contribution in [0.3, 0.4) is 0 Å². The van der Waals surface area contributed by atoms with Gasteiger partial charge in [-0.2, -0.15) is 5.10 Å². The minimum Gasteiger partial charge on any atom is -0.476 e. The fourth-order valence-corrected chi connectivity index (χ4v) is 4.61. The number of anilines is 1. The number of ether oxygens (including phenoxy) is 1. The van der Waals surface area contributed by atoms with Crippen molar-refractivity contribution in [3.8, 4) is 0 Å². The lowest BCUT2D eigenvalue weighted by atomic mass is 9.95. The quantitative estimate of drug-likeness (QED) is 0.734. The highest BCUT2D eigenvalue weighted by Crippen LogP contribution is 2.41. The average molecular weight is 426 g/mol. The molecule has 8 nitrogen and oxygen atoms in total. The zero-order valence-electron chi connectivity index (χ0n) is 15.0. The summed E-state index contributed by atoms with van der Waals surface area (Å²) in [4.78, 5) is 12.0. The van der Waals surface area contributed by atoms with E-state index in [1.807, 2.05) is 0 Å². The number of halogens is 1. The first-order chi connectivity index (χ1) is 13.4. The molecule has 1 saturated heterocycles. The van der Waals surface area contributed by atoms with Gasteiger partial charge in [-0.3, -0.25) is 9.40 Å². The number of carboxylic acids is 1. The molecule has 2 heterocycles. The van der Waals surface area contributed by atoms with Gasteiger partial charge in [0.15, 0.2) is 5.69 Å². The van der Waals surface area contributed by atoms with Crippen molar-refractivity contribution in [2.45, 2.75) is 42.5 Å². The summed E-state index contributed by atoms with van der Waals surface area (Å²) in [6.07, 6.45) is 2.99. The van der Waals surface area contributed by atoms with Crippen LogP contribution in [-0.4, -0.2) is 42.5 Å². The monoisotopic (exact) mass is 425 g/mol. The molecule has 150 valence electrons. The normalized spacial score (nSPS) is 18.2. The number of hydrogen-bond donors (Lipinski definition) is 2. The second-order valence-electron chi connectivity index (χ2n) is 7.04. The summed E-state index contributed by atoms with van der Waals surface area (Å²) < 4.78 is 35.2. The lowest BCUT2D eigenvalue weighted by molar-refractivity contribution is 0.0684. The Morgan fingerprint density at radius 1 is 1.18 bits per heavy atom. The zero-order valence-corrected chi connectivity index (χ0v) is 16.5. The van der Waals surface area contributed by atoms with Gasteiger partial charge in [0.05, 0.1) is 16.6 Å². The third-order valence-corrected chi connectivity index (χ3v) is 6.62. The molecule has 0 atom stereocenters. The highest BCUT2D eigenvalue weighted by molar-refractivity contribution is 7.92.